The van der Waals surface area contributed by atoms with Gasteiger partial charge in [0.15, 0.2) is 11.5 Å². The minimum Gasteiger partial charge on any atom is -0.493 e. The van der Waals surface area contributed by atoms with Crippen LogP contribution in [0.4, 0.5) is 0 Å². The van der Waals surface area contributed by atoms with E-state index < -0.39 is 0 Å². The monoisotopic (exact) mass is 350 g/mol. The molecule has 0 bridgehead atoms. The molecular weight excluding hydrogens is 324 g/mol. The number of nitrogens with one attached hydrogen (secondary N) is 1. The van der Waals surface area contributed by atoms with Gasteiger partial charge in [0.05, 0.1) is 13.7 Å². The fraction of sp³-hybridized carbons (Fsp3) is 0.556. The highest BCUT2D eigenvalue weighted by atomic mass is 16.6. The van der Waals surface area contributed by atoms with Crippen molar-refractivity contribution in [1.29, 1.82) is 0 Å². The lowest BCUT2D eigenvalue weighted by Crippen LogP contribution is -2.47. The molecule has 25 heavy (non-hydrogen) atoms. The van der Waals surface area contributed by atoms with Crippen LogP contribution in [0.5, 0.6) is 17.2 Å². The summed E-state index contributed by atoms with van der Waals surface area (Å²) in [5, 5.41) is 2.86. The zero-order valence-electron chi connectivity index (χ0n) is 15.5. The molecular formula is C18H26N2O5. The molecule has 7 heteroatoms. The maximum absolute atomic E-state index is 12.8. The Morgan fingerprint density at radius 1 is 1.24 bits per heavy atom. The van der Waals surface area contributed by atoms with E-state index in [0.717, 1.165) is 0 Å². The quantitative estimate of drug-likeness (QED) is 0.877. The van der Waals surface area contributed by atoms with Gasteiger partial charge in [-0.15, -0.1) is 0 Å². The molecule has 1 aromatic rings. The van der Waals surface area contributed by atoms with E-state index in [0.29, 0.717) is 42.6 Å². The van der Waals surface area contributed by atoms with Gasteiger partial charge in [-0.3, -0.25) is 9.59 Å². The first-order valence-electron chi connectivity index (χ1n) is 8.33. The summed E-state index contributed by atoms with van der Waals surface area (Å²) in [6.45, 7) is 8.77. The Kier molecular flexibility index (Phi) is 5.77. The van der Waals surface area contributed by atoms with Gasteiger partial charge in [-0.25, -0.2) is 0 Å². The highest BCUT2D eigenvalue weighted by Gasteiger charge is 2.25. The molecule has 0 atom stereocenters. The Labute approximate surface area is 148 Å². The average Bonchev–Trinajstić information content (AvgIpc) is 2.56. The van der Waals surface area contributed by atoms with Crippen molar-refractivity contribution >= 4 is 11.8 Å². The first-order chi connectivity index (χ1) is 11.7. The zero-order valence-corrected chi connectivity index (χ0v) is 15.5. The predicted molar refractivity (Wildman–Crippen MR) is 93.5 cm³/mol. The van der Waals surface area contributed by atoms with Crippen LogP contribution in [0.1, 0.15) is 38.1 Å². The van der Waals surface area contributed by atoms with Gasteiger partial charge in [0.1, 0.15) is 13.2 Å². The number of hydrogen-bond acceptors (Lipinski definition) is 5. The Morgan fingerprint density at radius 2 is 1.92 bits per heavy atom. The highest BCUT2D eigenvalue weighted by molar-refractivity contribution is 5.97. The molecule has 1 aliphatic heterocycles. The summed E-state index contributed by atoms with van der Waals surface area (Å²) in [7, 11) is 1.51. The lowest BCUT2D eigenvalue weighted by molar-refractivity contribution is -0.123. The van der Waals surface area contributed by atoms with E-state index in [1.54, 1.807) is 12.1 Å². The van der Waals surface area contributed by atoms with Crippen LogP contribution in [0.25, 0.3) is 0 Å². The van der Waals surface area contributed by atoms with Gasteiger partial charge in [0.25, 0.3) is 5.91 Å². The molecule has 0 saturated carbocycles. The standard InChI is InChI=1S/C18H26N2O5/c1-6-20(11-15(21)19-18(2,3)4)17(22)12-9-13(23-5)16-14(10-12)24-7-8-25-16/h9-10H,6-8,11H2,1-5H3,(H,19,21). The largest absolute Gasteiger partial charge is 0.493 e. The number of rotatable bonds is 5. The summed E-state index contributed by atoms with van der Waals surface area (Å²) in [6, 6.07) is 3.24. The van der Waals surface area contributed by atoms with E-state index in [1.807, 2.05) is 27.7 Å². The second-order valence-corrected chi connectivity index (χ2v) is 6.82. The molecule has 2 rings (SSSR count). The lowest BCUT2D eigenvalue weighted by Gasteiger charge is -2.26. The predicted octanol–water partition coefficient (Wildman–Crippen LogP) is 1.84. The molecule has 0 aliphatic carbocycles. The van der Waals surface area contributed by atoms with Crippen LogP contribution in [0.2, 0.25) is 0 Å². The number of amides is 2. The fourth-order valence-corrected chi connectivity index (χ4v) is 2.54. The fourth-order valence-electron chi connectivity index (χ4n) is 2.54. The van der Waals surface area contributed by atoms with Crippen LogP contribution in [0, 0.1) is 0 Å². The number of carbonyl (C=O) groups excluding carboxylic acids is 2. The van der Waals surface area contributed by atoms with Crippen LogP contribution in [0.15, 0.2) is 12.1 Å². The first-order valence-corrected chi connectivity index (χ1v) is 8.33. The van der Waals surface area contributed by atoms with E-state index in [-0.39, 0.29) is 23.9 Å². The summed E-state index contributed by atoms with van der Waals surface area (Å²) in [6.07, 6.45) is 0. The van der Waals surface area contributed by atoms with Crippen molar-refractivity contribution in [3.63, 3.8) is 0 Å². The normalized spacial score (nSPS) is 13.2. The summed E-state index contributed by atoms with van der Waals surface area (Å²) in [5.74, 6) is 0.952. The highest BCUT2D eigenvalue weighted by Crippen LogP contribution is 2.40. The molecule has 1 N–H and O–H groups in total. The lowest BCUT2D eigenvalue weighted by atomic mass is 10.1. The van der Waals surface area contributed by atoms with Gasteiger partial charge >= 0.3 is 0 Å². The number of carbonyl (C=O) groups is 2. The summed E-state index contributed by atoms with van der Waals surface area (Å²) in [4.78, 5) is 26.4. The third kappa shape index (κ3) is 4.78. The summed E-state index contributed by atoms with van der Waals surface area (Å²) >= 11 is 0. The van der Waals surface area contributed by atoms with E-state index in [9.17, 15) is 9.59 Å². The SMILES string of the molecule is CCN(CC(=O)NC(C)(C)C)C(=O)c1cc(OC)c2c(c1)OCCO2. The van der Waals surface area contributed by atoms with Crippen molar-refractivity contribution in [2.45, 2.75) is 33.2 Å². The molecule has 0 fully saturated rings. The number of nitrogens with zero attached hydrogens (tertiary/aromatic N) is 1. The molecule has 2 amide bonds. The maximum atomic E-state index is 12.8. The van der Waals surface area contributed by atoms with E-state index in [2.05, 4.69) is 5.32 Å². The number of hydrogen-bond donors (Lipinski definition) is 1. The first kappa shape index (κ1) is 18.9. The smallest absolute Gasteiger partial charge is 0.254 e. The van der Waals surface area contributed by atoms with Gasteiger partial charge < -0.3 is 24.4 Å². The van der Waals surface area contributed by atoms with Crippen LogP contribution >= 0.6 is 0 Å². The van der Waals surface area contributed by atoms with Crippen molar-refractivity contribution in [3.8, 4) is 17.2 Å². The van der Waals surface area contributed by atoms with Crippen molar-refractivity contribution in [2.75, 3.05) is 33.4 Å². The van der Waals surface area contributed by atoms with E-state index >= 15 is 0 Å². The third-order valence-electron chi connectivity index (χ3n) is 3.59. The van der Waals surface area contributed by atoms with Crippen LogP contribution < -0.4 is 19.5 Å². The van der Waals surface area contributed by atoms with Gasteiger partial charge in [-0.1, -0.05) is 0 Å². The van der Waals surface area contributed by atoms with Crippen LogP contribution in [-0.4, -0.2) is 55.7 Å². The van der Waals surface area contributed by atoms with Crippen molar-refractivity contribution in [3.05, 3.63) is 17.7 Å². The van der Waals surface area contributed by atoms with E-state index in [4.69, 9.17) is 14.2 Å². The maximum Gasteiger partial charge on any atom is 0.254 e. The van der Waals surface area contributed by atoms with Crippen molar-refractivity contribution in [2.24, 2.45) is 0 Å². The molecule has 0 saturated heterocycles. The number of benzene rings is 1. The molecule has 138 valence electrons. The number of methoxy groups -OCH3 is 1. The Hall–Kier alpha value is -2.44. The van der Waals surface area contributed by atoms with Crippen LogP contribution in [-0.2, 0) is 4.79 Å². The minimum absolute atomic E-state index is 0.0106. The van der Waals surface area contributed by atoms with Gasteiger partial charge in [-0.2, -0.15) is 0 Å². The molecule has 1 aromatic carbocycles. The molecule has 7 nitrogen and oxygen atoms in total. The second-order valence-electron chi connectivity index (χ2n) is 6.82. The number of ether oxygens (including phenoxy) is 3. The Morgan fingerprint density at radius 3 is 2.52 bits per heavy atom. The van der Waals surface area contributed by atoms with Gasteiger partial charge in [0.2, 0.25) is 11.7 Å². The van der Waals surface area contributed by atoms with Crippen molar-refractivity contribution in [1.82, 2.24) is 10.2 Å². The Balaban J connectivity index is 2.21. The molecule has 0 aromatic heterocycles. The molecule has 0 spiro atoms. The summed E-state index contributed by atoms with van der Waals surface area (Å²) < 4.78 is 16.4. The van der Waals surface area contributed by atoms with Crippen LogP contribution in [0.3, 0.4) is 0 Å². The zero-order chi connectivity index (χ0) is 18.6. The number of fused-ring (bicyclic) bond motifs is 1. The Bertz CT molecular complexity index is 634. The third-order valence-corrected chi connectivity index (χ3v) is 3.59. The average molecular weight is 350 g/mol. The molecule has 1 heterocycles. The molecule has 0 unspecified atom stereocenters. The minimum atomic E-state index is -0.347. The van der Waals surface area contributed by atoms with Gasteiger partial charge in [0, 0.05) is 17.6 Å². The molecule has 0 radical (unpaired) electrons. The molecule has 1 aliphatic rings. The van der Waals surface area contributed by atoms with E-state index in [1.165, 1.54) is 12.0 Å². The van der Waals surface area contributed by atoms with Crippen molar-refractivity contribution < 1.29 is 23.8 Å². The second kappa shape index (κ2) is 7.63. The number of likely N-dealkylation sites (N-methyl/N-ethyl adjacent to an activating group) is 1. The summed E-state index contributed by atoms with van der Waals surface area (Å²) in [5.41, 5.74) is 0.0475. The topological polar surface area (TPSA) is 77.1 Å². The van der Waals surface area contributed by atoms with Gasteiger partial charge in [-0.05, 0) is 39.8 Å².